The maximum Gasteiger partial charge on any atom is 0.191 e. The first-order chi connectivity index (χ1) is 8.78. The van der Waals surface area contributed by atoms with Gasteiger partial charge in [0.25, 0.3) is 0 Å². The van der Waals surface area contributed by atoms with Crippen molar-refractivity contribution in [2.45, 2.75) is 58.3 Å². The van der Waals surface area contributed by atoms with Crippen LogP contribution in [0.15, 0.2) is 12.3 Å². The summed E-state index contributed by atoms with van der Waals surface area (Å²) in [5, 5.41) is 4.39. The highest BCUT2D eigenvalue weighted by molar-refractivity contribution is 6.74. The average molecular weight is 282 g/mol. The Balaban J connectivity index is 2.27. The Hall–Kier alpha value is -0.943. The van der Waals surface area contributed by atoms with Gasteiger partial charge in [0.1, 0.15) is 5.69 Å². The molecule has 108 valence electrons. The molecule has 0 radical (unpaired) electrons. The minimum Gasteiger partial charge on any atom is -0.417 e. The van der Waals surface area contributed by atoms with E-state index in [0.29, 0.717) is 5.69 Å². The first-order valence-corrected chi connectivity index (χ1v) is 9.80. The van der Waals surface area contributed by atoms with Crippen molar-refractivity contribution < 1.29 is 9.22 Å². The number of aromatic nitrogens is 2. The molecule has 0 bridgehead atoms. The van der Waals surface area contributed by atoms with Gasteiger partial charge in [-0.25, -0.2) is 0 Å². The van der Waals surface area contributed by atoms with Gasteiger partial charge >= 0.3 is 0 Å². The summed E-state index contributed by atoms with van der Waals surface area (Å²) in [6, 6.07) is 1.74. The number of aryl methyl sites for hydroxylation is 1. The molecule has 0 aliphatic carbocycles. The van der Waals surface area contributed by atoms with Crippen LogP contribution in [0.5, 0.6) is 0 Å². The van der Waals surface area contributed by atoms with Crippen LogP contribution in [-0.2, 0) is 11.0 Å². The SMILES string of the molecule is CC(C)(C)[Si](C)(C)OCCCCn1nccc1C=O. The zero-order valence-electron chi connectivity index (χ0n) is 12.8. The number of carbonyl (C=O) groups is 1. The van der Waals surface area contributed by atoms with Gasteiger partial charge in [-0.1, -0.05) is 20.8 Å². The topological polar surface area (TPSA) is 44.1 Å². The van der Waals surface area contributed by atoms with E-state index >= 15 is 0 Å². The summed E-state index contributed by atoms with van der Waals surface area (Å²) in [6.07, 6.45) is 4.50. The second-order valence-electron chi connectivity index (χ2n) is 6.41. The zero-order valence-corrected chi connectivity index (χ0v) is 13.8. The van der Waals surface area contributed by atoms with Crippen LogP contribution in [0.3, 0.4) is 0 Å². The van der Waals surface area contributed by atoms with Crippen molar-refractivity contribution in [1.29, 1.82) is 0 Å². The Bertz CT molecular complexity index is 408. The maximum atomic E-state index is 10.7. The van der Waals surface area contributed by atoms with Crippen LogP contribution in [0, 0.1) is 0 Å². The van der Waals surface area contributed by atoms with Gasteiger partial charge in [0.05, 0.1) is 0 Å². The Morgan fingerprint density at radius 2 is 2.05 bits per heavy atom. The fourth-order valence-electron chi connectivity index (χ4n) is 1.54. The highest BCUT2D eigenvalue weighted by Gasteiger charge is 2.36. The Kier molecular flexibility index (Phi) is 5.49. The number of nitrogens with zero attached hydrogens (tertiary/aromatic N) is 2. The lowest BCUT2D eigenvalue weighted by molar-refractivity contribution is 0.111. The molecule has 0 aliphatic rings. The fraction of sp³-hybridized carbons (Fsp3) is 0.714. The van der Waals surface area contributed by atoms with Crippen molar-refractivity contribution in [3.05, 3.63) is 18.0 Å². The number of rotatable bonds is 7. The highest BCUT2D eigenvalue weighted by atomic mass is 28.4. The molecule has 0 N–H and O–H groups in total. The lowest BCUT2D eigenvalue weighted by Gasteiger charge is -2.36. The van der Waals surface area contributed by atoms with E-state index in [1.165, 1.54) is 0 Å². The van der Waals surface area contributed by atoms with Gasteiger partial charge < -0.3 is 4.43 Å². The molecule has 0 unspecified atom stereocenters. The van der Waals surface area contributed by atoms with Crippen LogP contribution in [0.4, 0.5) is 0 Å². The second-order valence-corrected chi connectivity index (χ2v) is 11.2. The summed E-state index contributed by atoms with van der Waals surface area (Å²) in [5.41, 5.74) is 0.644. The van der Waals surface area contributed by atoms with Crippen molar-refractivity contribution >= 4 is 14.6 Å². The third-order valence-corrected chi connectivity index (χ3v) is 8.44. The summed E-state index contributed by atoms with van der Waals surface area (Å²) >= 11 is 0. The largest absolute Gasteiger partial charge is 0.417 e. The first kappa shape index (κ1) is 16.1. The lowest BCUT2D eigenvalue weighted by atomic mass is 10.2. The van der Waals surface area contributed by atoms with Crippen molar-refractivity contribution in [3.8, 4) is 0 Å². The molecule has 0 aliphatic heterocycles. The number of hydrogen-bond acceptors (Lipinski definition) is 3. The van der Waals surface area contributed by atoms with E-state index in [1.807, 2.05) is 0 Å². The van der Waals surface area contributed by atoms with Crippen molar-refractivity contribution in [2.24, 2.45) is 0 Å². The van der Waals surface area contributed by atoms with Crippen molar-refractivity contribution in [2.75, 3.05) is 6.61 Å². The smallest absolute Gasteiger partial charge is 0.191 e. The molecular weight excluding hydrogens is 256 g/mol. The molecule has 0 spiro atoms. The summed E-state index contributed by atoms with van der Waals surface area (Å²) in [6.45, 7) is 12.9. The standard InChI is InChI=1S/C14H26N2O2Si/c1-14(2,3)19(4,5)18-11-7-6-10-16-13(12-17)8-9-15-16/h8-9,12H,6-7,10-11H2,1-5H3. The predicted molar refractivity (Wildman–Crippen MR) is 80.0 cm³/mol. The minimum atomic E-state index is -1.62. The first-order valence-electron chi connectivity index (χ1n) is 6.89. The number of hydrogen-bond donors (Lipinski definition) is 0. The third-order valence-electron chi connectivity index (χ3n) is 3.90. The van der Waals surface area contributed by atoms with Crippen LogP contribution in [0.2, 0.25) is 18.1 Å². The molecule has 19 heavy (non-hydrogen) atoms. The van der Waals surface area contributed by atoms with E-state index in [-0.39, 0.29) is 5.04 Å². The number of unbranched alkanes of at least 4 members (excludes halogenated alkanes) is 1. The van der Waals surface area contributed by atoms with E-state index in [2.05, 4.69) is 39.0 Å². The molecule has 0 atom stereocenters. The van der Waals surface area contributed by atoms with Gasteiger partial charge in [0.15, 0.2) is 14.6 Å². The van der Waals surface area contributed by atoms with E-state index in [9.17, 15) is 4.79 Å². The van der Waals surface area contributed by atoms with Gasteiger partial charge in [-0.05, 0) is 37.0 Å². The normalized spacial score (nSPS) is 12.7. The molecule has 4 nitrogen and oxygen atoms in total. The quantitative estimate of drug-likeness (QED) is 0.437. The maximum absolute atomic E-state index is 10.7. The molecule has 0 amide bonds. The van der Waals surface area contributed by atoms with Gasteiger partial charge in [-0.15, -0.1) is 0 Å². The second kappa shape index (κ2) is 6.48. The molecule has 1 aromatic heterocycles. The summed E-state index contributed by atoms with van der Waals surface area (Å²) in [4.78, 5) is 10.7. The Morgan fingerprint density at radius 3 is 2.63 bits per heavy atom. The van der Waals surface area contributed by atoms with Crippen molar-refractivity contribution in [3.63, 3.8) is 0 Å². The zero-order chi connectivity index (χ0) is 14.5. The molecule has 1 rings (SSSR count). The molecule has 1 aromatic rings. The van der Waals surface area contributed by atoms with Gasteiger partial charge in [0.2, 0.25) is 0 Å². The predicted octanol–water partition coefficient (Wildman–Crippen LogP) is 3.50. The summed E-state index contributed by atoms with van der Waals surface area (Å²) in [7, 11) is -1.62. The fourth-order valence-corrected chi connectivity index (χ4v) is 2.62. The molecule has 0 saturated heterocycles. The Labute approximate surface area is 117 Å². The van der Waals surface area contributed by atoms with Gasteiger partial charge in [-0.3, -0.25) is 9.48 Å². The monoisotopic (exact) mass is 282 g/mol. The number of aldehydes is 1. The van der Waals surface area contributed by atoms with Crippen molar-refractivity contribution in [1.82, 2.24) is 9.78 Å². The molecular formula is C14H26N2O2Si. The summed E-state index contributed by atoms with van der Waals surface area (Å²) < 4.78 is 7.86. The number of carbonyl (C=O) groups excluding carboxylic acids is 1. The lowest BCUT2D eigenvalue weighted by Crippen LogP contribution is -2.40. The molecule has 0 saturated carbocycles. The average Bonchev–Trinajstić information content (AvgIpc) is 2.74. The van der Waals surface area contributed by atoms with Crippen LogP contribution in [0.1, 0.15) is 44.1 Å². The summed E-state index contributed by atoms with van der Waals surface area (Å²) in [5.74, 6) is 0. The van der Waals surface area contributed by atoms with E-state index < -0.39 is 8.32 Å². The van der Waals surface area contributed by atoms with Crippen LogP contribution < -0.4 is 0 Å². The van der Waals surface area contributed by atoms with E-state index in [4.69, 9.17) is 4.43 Å². The van der Waals surface area contributed by atoms with Gasteiger partial charge in [0, 0.05) is 19.3 Å². The highest BCUT2D eigenvalue weighted by Crippen LogP contribution is 2.36. The van der Waals surface area contributed by atoms with E-state index in [1.54, 1.807) is 16.9 Å². The third kappa shape index (κ3) is 4.58. The van der Waals surface area contributed by atoms with Crippen LogP contribution in [-0.4, -0.2) is 31.0 Å². The Morgan fingerprint density at radius 1 is 1.37 bits per heavy atom. The van der Waals surface area contributed by atoms with E-state index in [0.717, 1.165) is 32.3 Å². The molecule has 0 fully saturated rings. The molecule has 5 heteroatoms. The van der Waals surface area contributed by atoms with Crippen LogP contribution in [0.25, 0.3) is 0 Å². The van der Waals surface area contributed by atoms with Crippen LogP contribution >= 0.6 is 0 Å². The molecule has 0 aromatic carbocycles. The molecule has 1 heterocycles. The van der Waals surface area contributed by atoms with Gasteiger partial charge in [-0.2, -0.15) is 5.10 Å². The minimum absolute atomic E-state index is 0.264.